The lowest BCUT2D eigenvalue weighted by molar-refractivity contribution is -0.140. The number of carboxylic acids is 1. The number of rotatable bonds is 5. The Kier molecular flexibility index (Phi) is 4.11. The van der Waals surface area contributed by atoms with Crippen LogP contribution in [-0.2, 0) is 4.79 Å². The average Bonchev–Trinajstić information content (AvgIpc) is 3.12. The van der Waals surface area contributed by atoms with Gasteiger partial charge in [-0.05, 0) is 50.4 Å². The number of nitrogens with zero attached hydrogens (tertiary/aromatic N) is 1. The van der Waals surface area contributed by atoms with Gasteiger partial charge < -0.3 is 5.11 Å². The molecule has 0 aliphatic heterocycles. The van der Waals surface area contributed by atoms with Crippen LogP contribution in [0, 0.1) is 11.8 Å². The molecular formula is C16H27NO2. The molecule has 0 bridgehead atoms. The molecular weight excluding hydrogens is 238 g/mol. The molecule has 0 aromatic heterocycles. The van der Waals surface area contributed by atoms with Crippen LogP contribution in [0.4, 0.5) is 0 Å². The molecule has 3 fully saturated rings. The molecule has 2 unspecified atom stereocenters. The lowest BCUT2D eigenvalue weighted by atomic mass is 9.81. The first-order valence-corrected chi connectivity index (χ1v) is 8.21. The van der Waals surface area contributed by atoms with Crippen molar-refractivity contribution < 1.29 is 9.90 Å². The van der Waals surface area contributed by atoms with Crippen LogP contribution in [0.15, 0.2) is 0 Å². The van der Waals surface area contributed by atoms with E-state index in [-0.39, 0.29) is 6.54 Å². The molecule has 0 saturated heterocycles. The van der Waals surface area contributed by atoms with Gasteiger partial charge >= 0.3 is 5.97 Å². The summed E-state index contributed by atoms with van der Waals surface area (Å²) in [5.74, 6) is 1.25. The molecule has 1 N–H and O–H groups in total. The molecule has 2 atom stereocenters. The van der Waals surface area contributed by atoms with E-state index in [2.05, 4.69) is 4.90 Å². The van der Waals surface area contributed by atoms with Crippen molar-refractivity contribution in [3.8, 4) is 0 Å². The molecule has 19 heavy (non-hydrogen) atoms. The van der Waals surface area contributed by atoms with Crippen LogP contribution >= 0.6 is 0 Å². The Bertz CT molecular complexity index is 321. The molecule has 3 aliphatic carbocycles. The fourth-order valence-corrected chi connectivity index (χ4v) is 4.45. The normalized spacial score (nSPS) is 32.9. The van der Waals surface area contributed by atoms with Gasteiger partial charge in [-0.1, -0.05) is 25.7 Å². The van der Waals surface area contributed by atoms with Crippen molar-refractivity contribution in [3.05, 3.63) is 0 Å². The summed E-state index contributed by atoms with van der Waals surface area (Å²) in [4.78, 5) is 13.6. The fourth-order valence-electron chi connectivity index (χ4n) is 4.45. The monoisotopic (exact) mass is 265 g/mol. The Morgan fingerprint density at radius 1 is 0.895 bits per heavy atom. The van der Waals surface area contributed by atoms with Gasteiger partial charge in [0, 0.05) is 12.1 Å². The smallest absolute Gasteiger partial charge is 0.317 e. The number of hydrogen-bond donors (Lipinski definition) is 1. The molecule has 3 heteroatoms. The van der Waals surface area contributed by atoms with Crippen LogP contribution < -0.4 is 0 Å². The molecule has 0 aromatic rings. The minimum Gasteiger partial charge on any atom is -0.480 e. The zero-order valence-electron chi connectivity index (χ0n) is 11.9. The highest BCUT2D eigenvalue weighted by molar-refractivity contribution is 5.69. The first-order chi connectivity index (χ1) is 9.24. The van der Waals surface area contributed by atoms with E-state index in [4.69, 9.17) is 0 Å². The molecule has 0 amide bonds. The van der Waals surface area contributed by atoms with Crippen LogP contribution in [0.2, 0.25) is 0 Å². The molecule has 3 saturated carbocycles. The summed E-state index contributed by atoms with van der Waals surface area (Å²) in [7, 11) is 0. The third kappa shape index (κ3) is 3.31. The Balaban J connectivity index is 1.64. The number of carbonyl (C=O) groups is 1. The van der Waals surface area contributed by atoms with Crippen LogP contribution in [0.1, 0.15) is 64.2 Å². The van der Waals surface area contributed by atoms with Gasteiger partial charge in [0.1, 0.15) is 0 Å². The van der Waals surface area contributed by atoms with Crippen LogP contribution in [-0.4, -0.2) is 34.6 Å². The summed E-state index contributed by atoms with van der Waals surface area (Å²) >= 11 is 0. The molecule has 0 heterocycles. The van der Waals surface area contributed by atoms with Crippen molar-refractivity contribution in [1.29, 1.82) is 0 Å². The van der Waals surface area contributed by atoms with Crippen molar-refractivity contribution in [2.24, 2.45) is 11.8 Å². The van der Waals surface area contributed by atoms with Gasteiger partial charge in [-0.15, -0.1) is 0 Å². The molecule has 0 spiro atoms. The highest BCUT2D eigenvalue weighted by Gasteiger charge is 2.38. The van der Waals surface area contributed by atoms with Gasteiger partial charge in [-0.2, -0.15) is 0 Å². The first kappa shape index (κ1) is 13.4. The van der Waals surface area contributed by atoms with Gasteiger partial charge in [-0.25, -0.2) is 0 Å². The number of hydrogen-bond acceptors (Lipinski definition) is 2. The summed E-state index contributed by atoms with van der Waals surface area (Å²) < 4.78 is 0. The van der Waals surface area contributed by atoms with Crippen LogP contribution in [0.5, 0.6) is 0 Å². The molecule has 3 aliphatic rings. The third-order valence-electron chi connectivity index (χ3n) is 5.56. The van der Waals surface area contributed by atoms with Gasteiger partial charge in [-0.3, -0.25) is 9.69 Å². The van der Waals surface area contributed by atoms with E-state index in [0.717, 1.165) is 11.8 Å². The van der Waals surface area contributed by atoms with Crippen LogP contribution in [0.25, 0.3) is 0 Å². The quantitative estimate of drug-likeness (QED) is 0.829. The SMILES string of the molecule is O=C(O)CN(C1CCCC1)C1CCCC(C2CC2)C1. The second kappa shape index (κ2) is 5.82. The third-order valence-corrected chi connectivity index (χ3v) is 5.56. The van der Waals surface area contributed by atoms with Crippen molar-refractivity contribution in [3.63, 3.8) is 0 Å². The van der Waals surface area contributed by atoms with Gasteiger partial charge in [0.15, 0.2) is 0 Å². The lowest BCUT2D eigenvalue weighted by Gasteiger charge is -2.40. The Morgan fingerprint density at radius 3 is 2.21 bits per heavy atom. The molecule has 0 aromatic carbocycles. The minimum atomic E-state index is -0.638. The Hall–Kier alpha value is -0.570. The van der Waals surface area contributed by atoms with E-state index < -0.39 is 5.97 Å². The van der Waals surface area contributed by atoms with Gasteiger partial charge in [0.25, 0.3) is 0 Å². The largest absolute Gasteiger partial charge is 0.480 e. The molecule has 3 nitrogen and oxygen atoms in total. The maximum atomic E-state index is 11.2. The maximum Gasteiger partial charge on any atom is 0.317 e. The summed E-state index contributed by atoms with van der Waals surface area (Å²) in [6, 6.07) is 1.11. The zero-order valence-corrected chi connectivity index (χ0v) is 11.9. The average molecular weight is 265 g/mol. The van der Waals surface area contributed by atoms with E-state index in [1.54, 1.807) is 0 Å². The van der Waals surface area contributed by atoms with E-state index in [9.17, 15) is 9.90 Å². The zero-order chi connectivity index (χ0) is 13.2. The fraction of sp³-hybridized carbons (Fsp3) is 0.938. The summed E-state index contributed by atoms with van der Waals surface area (Å²) in [5, 5.41) is 9.22. The second-order valence-corrected chi connectivity index (χ2v) is 6.92. The van der Waals surface area contributed by atoms with Crippen molar-refractivity contribution in [2.45, 2.75) is 76.3 Å². The van der Waals surface area contributed by atoms with E-state index >= 15 is 0 Å². The number of aliphatic carboxylic acids is 1. The summed E-state index contributed by atoms with van der Waals surface area (Å²) in [6.07, 6.45) is 13.1. The van der Waals surface area contributed by atoms with Crippen molar-refractivity contribution >= 4 is 5.97 Å². The Labute approximate surface area is 116 Å². The topological polar surface area (TPSA) is 40.5 Å². The lowest BCUT2D eigenvalue weighted by Crippen LogP contribution is -2.47. The maximum absolute atomic E-state index is 11.2. The van der Waals surface area contributed by atoms with Gasteiger partial charge in [0.2, 0.25) is 0 Å². The molecule has 0 radical (unpaired) electrons. The Morgan fingerprint density at radius 2 is 1.58 bits per heavy atom. The standard InChI is InChI=1S/C16H27NO2/c18-16(19)11-17(14-5-1-2-6-14)15-7-3-4-13(10-15)12-8-9-12/h12-15H,1-11H2,(H,18,19). The van der Waals surface area contributed by atoms with Crippen molar-refractivity contribution in [1.82, 2.24) is 4.90 Å². The highest BCUT2D eigenvalue weighted by atomic mass is 16.4. The van der Waals surface area contributed by atoms with Crippen LogP contribution in [0.3, 0.4) is 0 Å². The molecule has 3 rings (SSSR count). The summed E-state index contributed by atoms with van der Waals surface area (Å²) in [6.45, 7) is 0.271. The number of carboxylic acid groups (broad SMARTS) is 1. The first-order valence-electron chi connectivity index (χ1n) is 8.21. The van der Waals surface area contributed by atoms with E-state index in [1.165, 1.54) is 64.2 Å². The predicted molar refractivity (Wildman–Crippen MR) is 75.1 cm³/mol. The minimum absolute atomic E-state index is 0.271. The second-order valence-electron chi connectivity index (χ2n) is 6.92. The van der Waals surface area contributed by atoms with E-state index in [0.29, 0.717) is 12.1 Å². The summed E-state index contributed by atoms with van der Waals surface area (Å²) in [5.41, 5.74) is 0. The van der Waals surface area contributed by atoms with Gasteiger partial charge in [0.05, 0.1) is 6.54 Å². The molecule has 108 valence electrons. The van der Waals surface area contributed by atoms with E-state index in [1.807, 2.05) is 0 Å². The predicted octanol–water partition coefficient (Wildman–Crippen LogP) is 3.28. The highest BCUT2D eigenvalue weighted by Crippen LogP contribution is 2.45. The van der Waals surface area contributed by atoms with Crippen molar-refractivity contribution in [2.75, 3.05) is 6.54 Å².